The monoisotopic (exact) mass is 283 g/mol. The number of nitrogens with two attached hydrogens (primary N) is 1. The molecule has 0 aliphatic carbocycles. The van der Waals surface area contributed by atoms with Crippen molar-refractivity contribution in [3.05, 3.63) is 28.2 Å². The highest BCUT2D eigenvalue weighted by atomic mass is 79.9. The van der Waals surface area contributed by atoms with Crippen LogP contribution < -0.4 is 5.73 Å². The number of hydrogen-bond acceptors (Lipinski definition) is 2. The molecule has 84 valence electrons. The van der Waals surface area contributed by atoms with Gasteiger partial charge in [-0.05, 0) is 27.6 Å². The van der Waals surface area contributed by atoms with Crippen LogP contribution in [0.3, 0.4) is 0 Å². The Labute approximate surface area is 93.3 Å². The second kappa shape index (κ2) is 4.85. The number of halogens is 4. The van der Waals surface area contributed by atoms with Gasteiger partial charge in [0.1, 0.15) is 6.61 Å². The molecule has 0 bridgehead atoms. The van der Waals surface area contributed by atoms with E-state index in [4.69, 9.17) is 5.73 Å². The van der Waals surface area contributed by atoms with E-state index in [1.807, 2.05) is 0 Å². The molecule has 0 aliphatic heterocycles. The van der Waals surface area contributed by atoms with Gasteiger partial charge in [-0.15, -0.1) is 0 Å². The molecule has 2 nitrogen and oxygen atoms in total. The lowest BCUT2D eigenvalue weighted by Gasteiger charge is -2.09. The van der Waals surface area contributed by atoms with Gasteiger partial charge in [0.05, 0.1) is 6.61 Å². The standard InChI is InChI=1S/C9H9BrF3NO/c10-8-6(2-1-3-7(8)14)4-15-5-9(11,12)13/h1-3H,4-5,14H2. The van der Waals surface area contributed by atoms with Crippen LogP contribution in [0.5, 0.6) is 0 Å². The topological polar surface area (TPSA) is 35.2 Å². The summed E-state index contributed by atoms with van der Waals surface area (Å²) in [5, 5.41) is 0. The van der Waals surface area contributed by atoms with Crippen LogP contribution >= 0.6 is 15.9 Å². The quantitative estimate of drug-likeness (QED) is 0.865. The van der Waals surface area contributed by atoms with Gasteiger partial charge in [-0.25, -0.2) is 0 Å². The molecule has 1 rings (SSSR count). The molecule has 0 radical (unpaired) electrons. The summed E-state index contributed by atoms with van der Waals surface area (Å²) in [6, 6.07) is 4.96. The molecule has 0 saturated heterocycles. The summed E-state index contributed by atoms with van der Waals surface area (Å²) in [4.78, 5) is 0. The molecular formula is C9H9BrF3NO. The summed E-state index contributed by atoms with van der Waals surface area (Å²) in [5.41, 5.74) is 6.63. The second-order valence-electron chi connectivity index (χ2n) is 2.93. The van der Waals surface area contributed by atoms with E-state index in [2.05, 4.69) is 20.7 Å². The van der Waals surface area contributed by atoms with E-state index in [0.717, 1.165) is 0 Å². The smallest absolute Gasteiger partial charge is 0.398 e. The molecule has 0 saturated carbocycles. The third-order valence-electron chi connectivity index (χ3n) is 1.63. The molecule has 1 aromatic rings. The molecule has 0 aromatic heterocycles. The van der Waals surface area contributed by atoms with Gasteiger partial charge in [0.25, 0.3) is 0 Å². The lowest BCUT2D eigenvalue weighted by Crippen LogP contribution is -2.16. The first-order valence-electron chi connectivity index (χ1n) is 4.07. The normalized spacial score (nSPS) is 11.7. The lowest BCUT2D eigenvalue weighted by molar-refractivity contribution is -0.176. The van der Waals surface area contributed by atoms with Gasteiger partial charge < -0.3 is 10.5 Å². The molecule has 6 heteroatoms. The molecule has 0 spiro atoms. The van der Waals surface area contributed by atoms with E-state index < -0.39 is 12.8 Å². The van der Waals surface area contributed by atoms with Crippen molar-refractivity contribution in [2.75, 3.05) is 12.3 Å². The van der Waals surface area contributed by atoms with Crippen LogP contribution in [0.25, 0.3) is 0 Å². The number of alkyl halides is 3. The van der Waals surface area contributed by atoms with Gasteiger partial charge in [-0.2, -0.15) is 13.2 Å². The molecule has 1 aromatic carbocycles. The number of hydrogen-bond donors (Lipinski definition) is 1. The number of nitrogen functional groups attached to an aromatic ring is 1. The summed E-state index contributed by atoms with van der Waals surface area (Å²) in [7, 11) is 0. The van der Waals surface area contributed by atoms with Crippen molar-refractivity contribution in [3.63, 3.8) is 0 Å². The Balaban J connectivity index is 2.55. The van der Waals surface area contributed by atoms with Crippen molar-refractivity contribution in [2.24, 2.45) is 0 Å². The second-order valence-corrected chi connectivity index (χ2v) is 3.72. The summed E-state index contributed by atoms with van der Waals surface area (Å²) < 4.78 is 40.4. The predicted molar refractivity (Wildman–Crippen MR) is 54.3 cm³/mol. The zero-order valence-electron chi connectivity index (χ0n) is 7.64. The Morgan fingerprint density at radius 1 is 1.33 bits per heavy atom. The van der Waals surface area contributed by atoms with E-state index in [9.17, 15) is 13.2 Å². The van der Waals surface area contributed by atoms with Crippen LogP contribution in [0.2, 0.25) is 0 Å². The Morgan fingerprint density at radius 3 is 2.60 bits per heavy atom. The summed E-state index contributed by atoms with van der Waals surface area (Å²) in [5.74, 6) is 0. The fourth-order valence-corrected chi connectivity index (χ4v) is 1.37. The third-order valence-corrected chi connectivity index (χ3v) is 2.60. The van der Waals surface area contributed by atoms with E-state index in [0.29, 0.717) is 15.7 Å². The summed E-state index contributed by atoms with van der Waals surface area (Å²) in [6.45, 7) is -1.38. The number of benzene rings is 1. The van der Waals surface area contributed by atoms with Crippen molar-refractivity contribution < 1.29 is 17.9 Å². The average Bonchev–Trinajstić information content (AvgIpc) is 2.10. The fraction of sp³-hybridized carbons (Fsp3) is 0.333. The number of anilines is 1. The SMILES string of the molecule is Nc1cccc(COCC(F)(F)F)c1Br. The molecule has 0 heterocycles. The van der Waals surface area contributed by atoms with Crippen LogP contribution in [-0.4, -0.2) is 12.8 Å². The van der Waals surface area contributed by atoms with Gasteiger partial charge in [0.15, 0.2) is 0 Å². The minimum atomic E-state index is -4.30. The van der Waals surface area contributed by atoms with E-state index in [1.54, 1.807) is 18.2 Å². The maximum absolute atomic E-state index is 11.8. The maximum Gasteiger partial charge on any atom is 0.411 e. The average molecular weight is 284 g/mol. The van der Waals surface area contributed by atoms with E-state index in [-0.39, 0.29) is 6.61 Å². The minimum absolute atomic E-state index is 0.120. The van der Waals surface area contributed by atoms with Crippen molar-refractivity contribution in [1.29, 1.82) is 0 Å². The van der Waals surface area contributed by atoms with Gasteiger partial charge >= 0.3 is 6.18 Å². The van der Waals surface area contributed by atoms with Gasteiger partial charge in [0.2, 0.25) is 0 Å². The third kappa shape index (κ3) is 4.09. The molecule has 15 heavy (non-hydrogen) atoms. The molecule has 0 unspecified atom stereocenters. The first kappa shape index (κ1) is 12.3. The van der Waals surface area contributed by atoms with E-state index >= 15 is 0 Å². The minimum Gasteiger partial charge on any atom is -0.398 e. The van der Waals surface area contributed by atoms with Crippen LogP contribution in [0.15, 0.2) is 22.7 Å². The molecule has 0 fully saturated rings. The highest BCUT2D eigenvalue weighted by Crippen LogP contribution is 2.25. The van der Waals surface area contributed by atoms with Crippen molar-refractivity contribution in [2.45, 2.75) is 12.8 Å². The van der Waals surface area contributed by atoms with Crippen LogP contribution in [0, 0.1) is 0 Å². The summed E-state index contributed by atoms with van der Waals surface area (Å²) >= 11 is 3.17. The molecule has 2 N–H and O–H groups in total. The zero-order valence-corrected chi connectivity index (χ0v) is 9.23. The van der Waals surface area contributed by atoms with Gasteiger partial charge in [-0.3, -0.25) is 0 Å². The van der Waals surface area contributed by atoms with Gasteiger partial charge in [0, 0.05) is 10.2 Å². The van der Waals surface area contributed by atoms with Crippen LogP contribution in [0.4, 0.5) is 18.9 Å². The molecule has 0 amide bonds. The van der Waals surface area contributed by atoms with Crippen molar-refractivity contribution in [1.82, 2.24) is 0 Å². The predicted octanol–water partition coefficient (Wildman–Crippen LogP) is 3.11. The van der Waals surface area contributed by atoms with E-state index in [1.165, 1.54) is 0 Å². The lowest BCUT2D eigenvalue weighted by atomic mass is 10.2. The van der Waals surface area contributed by atoms with Crippen LogP contribution in [-0.2, 0) is 11.3 Å². The first-order chi connectivity index (χ1) is 6.90. The van der Waals surface area contributed by atoms with Gasteiger partial charge in [-0.1, -0.05) is 12.1 Å². The molecular weight excluding hydrogens is 275 g/mol. The summed E-state index contributed by atoms with van der Waals surface area (Å²) in [6.07, 6.45) is -4.30. The fourth-order valence-electron chi connectivity index (χ4n) is 0.988. The Hall–Kier alpha value is -0.750. The highest BCUT2D eigenvalue weighted by molar-refractivity contribution is 9.10. The van der Waals surface area contributed by atoms with Crippen molar-refractivity contribution in [3.8, 4) is 0 Å². The number of rotatable bonds is 3. The Morgan fingerprint density at radius 2 is 2.00 bits per heavy atom. The molecule has 0 atom stereocenters. The molecule has 0 aliphatic rings. The Bertz CT molecular complexity index is 341. The Kier molecular flexibility index (Phi) is 3.98. The van der Waals surface area contributed by atoms with Crippen LogP contribution in [0.1, 0.15) is 5.56 Å². The maximum atomic E-state index is 11.8. The first-order valence-corrected chi connectivity index (χ1v) is 4.87. The van der Waals surface area contributed by atoms with Crippen molar-refractivity contribution >= 4 is 21.6 Å². The highest BCUT2D eigenvalue weighted by Gasteiger charge is 2.27. The number of ether oxygens (including phenoxy) is 1. The largest absolute Gasteiger partial charge is 0.411 e. The zero-order chi connectivity index (χ0) is 11.5.